The van der Waals surface area contributed by atoms with Crippen molar-refractivity contribution in [2.24, 2.45) is 0 Å². The van der Waals surface area contributed by atoms with E-state index in [-0.39, 0.29) is 5.56 Å². The van der Waals surface area contributed by atoms with Crippen LogP contribution in [0.5, 0.6) is 0 Å². The number of aromatic amines is 1. The molecule has 0 unspecified atom stereocenters. The van der Waals surface area contributed by atoms with Gasteiger partial charge in [0.2, 0.25) is 0 Å². The van der Waals surface area contributed by atoms with E-state index < -0.39 is 0 Å². The molecule has 7 heteroatoms. The number of fused-ring (bicyclic) bond motifs is 1. The minimum Gasteiger partial charge on any atom is -0.345 e. The van der Waals surface area contributed by atoms with E-state index in [1.54, 1.807) is 19.9 Å². The number of H-pyrrole nitrogens is 1. The SMILES string of the molecule is Cc1nc2c(c(=O)[nH]1)CN(c1nc(C)c(C#N)cc1Cl)C2. The Kier molecular flexibility index (Phi) is 3.15. The summed E-state index contributed by atoms with van der Waals surface area (Å²) in [5, 5.41) is 9.39. The molecule has 3 heterocycles. The van der Waals surface area contributed by atoms with Crippen molar-refractivity contribution in [1.29, 1.82) is 5.26 Å². The van der Waals surface area contributed by atoms with E-state index in [2.05, 4.69) is 21.0 Å². The summed E-state index contributed by atoms with van der Waals surface area (Å²) in [6.07, 6.45) is 0. The van der Waals surface area contributed by atoms with Crippen LogP contribution < -0.4 is 10.5 Å². The molecule has 0 saturated heterocycles. The van der Waals surface area contributed by atoms with E-state index in [1.807, 2.05) is 4.90 Å². The van der Waals surface area contributed by atoms with E-state index in [9.17, 15) is 4.79 Å². The standard InChI is InChI=1S/C14H12ClN5O/c1-7-9(4-16)3-11(15)13(17-7)20-5-10-12(6-20)18-8(2)19-14(10)21/h3H,5-6H2,1-2H3,(H,18,19,21). The maximum Gasteiger partial charge on any atom is 0.256 e. The number of anilines is 1. The van der Waals surface area contributed by atoms with Crippen LogP contribution in [-0.4, -0.2) is 15.0 Å². The quantitative estimate of drug-likeness (QED) is 0.868. The number of hydrogen-bond donors (Lipinski definition) is 1. The third-order valence-corrected chi connectivity index (χ3v) is 3.76. The molecule has 0 radical (unpaired) electrons. The maximum absolute atomic E-state index is 11.9. The summed E-state index contributed by atoms with van der Waals surface area (Å²) < 4.78 is 0. The molecule has 0 atom stereocenters. The molecule has 0 amide bonds. The van der Waals surface area contributed by atoms with E-state index in [4.69, 9.17) is 16.9 Å². The second kappa shape index (κ2) is 4.86. The Morgan fingerprint density at radius 3 is 2.86 bits per heavy atom. The minimum atomic E-state index is -0.124. The normalized spacial score (nSPS) is 13.1. The molecule has 2 aromatic heterocycles. The average molecular weight is 302 g/mol. The van der Waals surface area contributed by atoms with Gasteiger partial charge in [-0.25, -0.2) is 9.97 Å². The average Bonchev–Trinajstić information content (AvgIpc) is 2.84. The zero-order valence-corrected chi connectivity index (χ0v) is 12.3. The Morgan fingerprint density at radius 1 is 1.38 bits per heavy atom. The molecule has 6 nitrogen and oxygen atoms in total. The van der Waals surface area contributed by atoms with Crippen LogP contribution in [-0.2, 0) is 13.1 Å². The van der Waals surface area contributed by atoms with Crippen molar-refractivity contribution in [3.05, 3.63) is 49.8 Å². The predicted molar refractivity (Wildman–Crippen MR) is 78.2 cm³/mol. The number of aryl methyl sites for hydroxylation is 2. The van der Waals surface area contributed by atoms with Crippen LogP contribution in [0.1, 0.15) is 28.3 Å². The Labute approximate surface area is 126 Å². The summed E-state index contributed by atoms with van der Waals surface area (Å²) in [6, 6.07) is 3.66. The number of aromatic nitrogens is 3. The fourth-order valence-corrected chi connectivity index (χ4v) is 2.71. The topological polar surface area (TPSA) is 85.7 Å². The Morgan fingerprint density at radius 2 is 2.14 bits per heavy atom. The first-order chi connectivity index (χ1) is 9.99. The lowest BCUT2D eigenvalue weighted by atomic mass is 10.2. The van der Waals surface area contributed by atoms with Gasteiger partial charge in [-0.1, -0.05) is 11.6 Å². The van der Waals surface area contributed by atoms with Gasteiger partial charge in [0.1, 0.15) is 17.7 Å². The van der Waals surface area contributed by atoms with Crippen LogP contribution in [0.3, 0.4) is 0 Å². The van der Waals surface area contributed by atoms with E-state index in [0.717, 1.165) is 5.69 Å². The van der Waals surface area contributed by atoms with Gasteiger partial charge in [-0.05, 0) is 19.9 Å². The molecule has 106 valence electrons. The van der Waals surface area contributed by atoms with Crippen LogP contribution >= 0.6 is 11.6 Å². The van der Waals surface area contributed by atoms with Crippen molar-refractivity contribution in [2.75, 3.05) is 4.90 Å². The summed E-state index contributed by atoms with van der Waals surface area (Å²) in [5.74, 6) is 1.17. The molecular weight excluding hydrogens is 290 g/mol. The number of hydrogen-bond acceptors (Lipinski definition) is 5. The Bertz CT molecular complexity index is 836. The number of nitrogens with zero attached hydrogens (tertiary/aromatic N) is 4. The molecule has 1 aliphatic heterocycles. The molecule has 0 saturated carbocycles. The molecule has 0 bridgehead atoms. The van der Waals surface area contributed by atoms with Gasteiger partial charge in [0.15, 0.2) is 0 Å². The molecule has 2 aromatic rings. The number of halogens is 1. The Hall–Kier alpha value is -2.39. The van der Waals surface area contributed by atoms with Crippen LogP contribution in [0, 0.1) is 25.2 Å². The summed E-state index contributed by atoms with van der Waals surface area (Å²) in [6.45, 7) is 4.41. The highest BCUT2D eigenvalue weighted by Crippen LogP contribution is 2.31. The monoisotopic (exact) mass is 301 g/mol. The lowest BCUT2D eigenvalue weighted by molar-refractivity contribution is 0.841. The minimum absolute atomic E-state index is 0.124. The van der Waals surface area contributed by atoms with E-state index in [1.165, 1.54) is 0 Å². The first-order valence-electron chi connectivity index (χ1n) is 6.40. The fraction of sp³-hybridized carbons (Fsp3) is 0.286. The van der Waals surface area contributed by atoms with Crippen LogP contribution in [0.15, 0.2) is 10.9 Å². The molecule has 3 rings (SSSR count). The molecule has 0 fully saturated rings. The van der Waals surface area contributed by atoms with Gasteiger partial charge in [-0.15, -0.1) is 0 Å². The van der Waals surface area contributed by atoms with Gasteiger partial charge < -0.3 is 9.88 Å². The van der Waals surface area contributed by atoms with Gasteiger partial charge >= 0.3 is 0 Å². The van der Waals surface area contributed by atoms with Crippen LogP contribution in [0.25, 0.3) is 0 Å². The zero-order valence-electron chi connectivity index (χ0n) is 11.6. The fourth-order valence-electron chi connectivity index (χ4n) is 2.44. The molecule has 0 spiro atoms. The van der Waals surface area contributed by atoms with Crippen molar-refractivity contribution >= 4 is 17.4 Å². The molecule has 21 heavy (non-hydrogen) atoms. The van der Waals surface area contributed by atoms with Gasteiger partial charge in [0, 0.05) is 0 Å². The molecule has 1 N–H and O–H groups in total. The maximum atomic E-state index is 11.9. The van der Waals surface area contributed by atoms with Gasteiger partial charge in [0.25, 0.3) is 5.56 Å². The highest BCUT2D eigenvalue weighted by Gasteiger charge is 2.26. The predicted octanol–water partition coefficient (Wildman–Crippen LogP) is 1.83. The summed E-state index contributed by atoms with van der Waals surface area (Å²) in [7, 11) is 0. The molecule has 0 aromatic carbocycles. The van der Waals surface area contributed by atoms with Crippen molar-refractivity contribution in [1.82, 2.24) is 15.0 Å². The number of rotatable bonds is 1. The van der Waals surface area contributed by atoms with Gasteiger partial charge in [-0.3, -0.25) is 4.79 Å². The van der Waals surface area contributed by atoms with Gasteiger partial charge in [-0.2, -0.15) is 5.26 Å². The Balaban J connectivity index is 2.02. The van der Waals surface area contributed by atoms with E-state index in [0.29, 0.717) is 46.6 Å². The second-order valence-corrected chi connectivity index (χ2v) is 5.38. The third kappa shape index (κ3) is 2.26. The molecule has 0 aliphatic carbocycles. The third-order valence-electron chi connectivity index (χ3n) is 3.48. The number of nitrogens with one attached hydrogen (secondary N) is 1. The van der Waals surface area contributed by atoms with Crippen molar-refractivity contribution in [2.45, 2.75) is 26.9 Å². The lowest BCUT2D eigenvalue weighted by Gasteiger charge is -2.18. The zero-order chi connectivity index (χ0) is 15.1. The largest absolute Gasteiger partial charge is 0.345 e. The summed E-state index contributed by atoms with van der Waals surface area (Å²) in [5.41, 5.74) is 2.33. The van der Waals surface area contributed by atoms with Crippen molar-refractivity contribution < 1.29 is 0 Å². The number of pyridine rings is 1. The first-order valence-corrected chi connectivity index (χ1v) is 6.78. The van der Waals surface area contributed by atoms with Crippen molar-refractivity contribution in [3.8, 4) is 6.07 Å². The highest BCUT2D eigenvalue weighted by atomic mass is 35.5. The van der Waals surface area contributed by atoms with Crippen LogP contribution in [0.4, 0.5) is 5.82 Å². The highest BCUT2D eigenvalue weighted by molar-refractivity contribution is 6.33. The summed E-state index contributed by atoms with van der Waals surface area (Å²) >= 11 is 6.21. The molecular formula is C14H12ClN5O. The second-order valence-electron chi connectivity index (χ2n) is 4.97. The lowest BCUT2D eigenvalue weighted by Crippen LogP contribution is -2.19. The first kappa shape index (κ1) is 13.6. The smallest absolute Gasteiger partial charge is 0.256 e. The van der Waals surface area contributed by atoms with Gasteiger partial charge in [0.05, 0.1) is 40.6 Å². The summed E-state index contributed by atoms with van der Waals surface area (Å²) in [4.78, 5) is 25.3. The number of nitriles is 1. The van der Waals surface area contributed by atoms with Crippen LogP contribution in [0.2, 0.25) is 5.02 Å². The van der Waals surface area contributed by atoms with Crippen molar-refractivity contribution in [3.63, 3.8) is 0 Å². The van der Waals surface area contributed by atoms with E-state index >= 15 is 0 Å². The molecule has 1 aliphatic rings.